The van der Waals surface area contributed by atoms with Crippen LogP contribution in [0.25, 0.3) is 0 Å². The van der Waals surface area contributed by atoms with E-state index in [0.29, 0.717) is 25.7 Å². The molecule has 0 aliphatic heterocycles. The van der Waals surface area contributed by atoms with Gasteiger partial charge in [-0.05, 0) is 32.6 Å². The number of ether oxygens (including phenoxy) is 1. The van der Waals surface area contributed by atoms with Gasteiger partial charge in [0.15, 0.2) is 0 Å². The monoisotopic (exact) mass is 230 g/mol. The number of hydrogen-bond donors (Lipinski definition) is 2. The summed E-state index contributed by atoms with van der Waals surface area (Å²) >= 11 is 0. The highest BCUT2D eigenvalue weighted by Gasteiger charge is 2.50. The van der Waals surface area contributed by atoms with Gasteiger partial charge < -0.3 is 14.9 Å². The molecule has 0 aromatic heterocycles. The van der Waals surface area contributed by atoms with Crippen molar-refractivity contribution in [2.24, 2.45) is 0 Å². The Morgan fingerprint density at radius 3 is 2.31 bits per heavy atom. The second kappa shape index (κ2) is 5.30. The third-order valence-electron chi connectivity index (χ3n) is 2.84. The van der Waals surface area contributed by atoms with E-state index in [1.165, 1.54) is 0 Å². The summed E-state index contributed by atoms with van der Waals surface area (Å²) in [7, 11) is 0. The van der Waals surface area contributed by atoms with Crippen LogP contribution in [0.1, 0.15) is 45.4 Å². The molecule has 0 saturated heterocycles. The van der Waals surface area contributed by atoms with Crippen LogP contribution in [0.4, 0.5) is 0 Å². The molecule has 16 heavy (non-hydrogen) atoms. The van der Waals surface area contributed by atoms with E-state index in [1.54, 1.807) is 6.92 Å². The number of aliphatic hydroxyl groups excluding tert-OH is 1. The Bertz CT molecular complexity index is 268. The molecule has 0 amide bonds. The van der Waals surface area contributed by atoms with Crippen LogP contribution in [0.5, 0.6) is 0 Å². The molecule has 1 fully saturated rings. The van der Waals surface area contributed by atoms with Crippen LogP contribution in [-0.2, 0) is 14.3 Å². The Hall–Kier alpha value is -1.10. The molecule has 1 aliphatic carbocycles. The summed E-state index contributed by atoms with van der Waals surface area (Å²) < 4.78 is 5.18. The lowest BCUT2D eigenvalue weighted by Gasteiger charge is -2.19. The highest BCUT2D eigenvalue weighted by Crippen LogP contribution is 2.42. The molecule has 1 unspecified atom stereocenters. The van der Waals surface area contributed by atoms with E-state index >= 15 is 0 Å². The molecule has 0 bridgehead atoms. The second-order valence-corrected chi connectivity index (χ2v) is 4.32. The molecule has 1 rings (SSSR count). The molecule has 1 aliphatic rings. The van der Waals surface area contributed by atoms with Crippen LogP contribution in [0, 0.1) is 0 Å². The van der Waals surface area contributed by atoms with Crippen molar-refractivity contribution in [2.75, 3.05) is 0 Å². The summed E-state index contributed by atoms with van der Waals surface area (Å²) in [5.74, 6) is -1.19. The summed E-state index contributed by atoms with van der Waals surface area (Å²) in [5, 5.41) is 17.8. The van der Waals surface area contributed by atoms with Crippen LogP contribution in [0.2, 0.25) is 0 Å². The number of carboxylic acids is 1. The van der Waals surface area contributed by atoms with E-state index in [2.05, 4.69) is 0 Å². The van der Waals surface area contributed by atoms with Gasteiger partial charge in [-0.1, -0.05) is 0 Å². The molecular weight excluding hydrogens is 212 g/mol. The van der Waals surface area contributed by atoms with Crippen molar-refractivity contribution >= 4 is 11.9 Å². The Balaban J connectivity index is 2.14. The van der Waals surface area contributed by atoms with Gasteiger partial charge in [0.2, 0.25) is 0 Å². The summed E-state index contributed by atoms with van der Waals surface area (Å²) in [6, 6.07) is 0. The molecule has 0 radical (unpaired) electrons. The maximum Gasteiger partial charge on any atom is 0.306 e. The zero-order valence-corrected chi connectivity index (χ0v) is 9.44. The topological polar surface area (TPSA) is 83.8 Å². The van der Waals surface area contributed by atoms with Crippen molar-refractivity contribution in [2.45, 2.75) is 57.2 Å². The van der Waals surface area contributed by atoms with E-state index in [4.69, 9.17) is 9.84 Å². The first-order valence-corrected chi connectivity index (χ1v) is 5.58. The van der Waals surface area contributed by atoms with Crippen LogP contribution >= 0.6 is 0 Å². The minimum Gasteiger partial charge on any atom is -0.481 e. The maximum atomic E-state index is 11.4. The van der Waals surface area contributed by atoms with Crippen LogP contribution in [-0.4, -0.2) is 33.9 Å². The van der Waals surface area contributed by atoms with Gasteiger partial charge in [0.1, 0.15) is 5.60 Å². The van der Waals surface area contributed by atoms with Crippen molar-refractivity contribution in [1.29, 1.82) is 0 Å². The van der Waals surface area contributed by atoms with E-state index in [9.17, 15) is 14.7 Å². The minimum atomic E-state index is -0.851. The van der Waals surface area contributed by atoms with Gasteiger partial charge in [0.05, 0.1) is 6.10 Å². The first kappa shape index (κ1) is 13.0. The van der Waals surface area contributed by atoms with Crippen molar-refractivity contribution < 1.29 is 24.5 Å². The van der Waals surface area contributed by atoms with Gasteiger partial charge in [0.25, 0.3) is 0 Å². The zero-order chi connectivity index (χ0) is 12.2. The number of carbonyl (C=O) groups is 2. The fourth-order valence-electron chi connectivity index (χ4n) is 1.55. The van der Waals surface area contributed by atoms with Crippen LogP contribution < -0.4 is 0 Å². The van der Waals surface area contributed by atoms with Gasteiger partial charge in [-0.3, -0.25) is 9.59 Å². The summed E-state index contributed by atoms with van der Waals surface area (Å²) in [5.41, 5.74) is -0.649. The van der Waals surface area contributed by atoms with Crippen LogP contribution in [0.15, 0.2) is 0 Å². The lowest BCUT2D eigenvalue weighted by molar-refractivity contribution is -0.158. The van der Waals surface area contributed by atoms with Gasteiger partial charge >= 0.3 is 11.9 Å². The van der Waals surface area contributed by atoms with Gasteiger partial charge in [-0.25, -0.2) is 0 Å². The van der Waals surface area contributed by atoms with Crippen molar-refractivity contribution in [3.63, 3.8) is 0 Å². The number of aliphatic carboxylic acids is 1. The molecule has 92 valence electrons. The number of unbranched alkanes of at least 4 members (excludes halogenated alkanes) is 1. The Morgan fingerprint density at radius 2 is 1.88 bits per heavy atom. The molecule has 2 N–H and O–H groups in total. The zero-order valence-electron chi connectivity index (χ0n) is 9.44. The number of esters is 1. The first-order valence-electron chi connectivity index (χ1n) is 5.58. The predicted molar refractivity (Wildman–Crippen MR) is 55.8 cm³/mol. The molecule has 0 heterocycles. The van der Waals surface area contributed by atoms with E-state index in [1.807, 2.05) is 0 Å². The maximum absolute atomic E-state index is 11.4. The SMILES string of the molecule is CC(O)C1(OC(=O)CCCCC(=O)O)CC1. The van der Waals surface area contributed by atoms with Gasteiger partial charge in [-0.2, -0.15) is 0 Å². The smallest absolute Gasteiger partial charge is 0.306 e. The van der Waals surface area contributed by atoms with E-state index < -0.39 is 17.7 Å². The Labute approximate surface area is 94.4 Å². The van der Waals surface area contributed by atoms with E-state index in [0.717, 1.165) is 0 Å². The standard InChI is InChI=1S/C11H18O5/c1-8(12)11(6-7-11)16-10(15)5-3-2-4-9(13)14/h8,12H,2-7H2,1H3,(H,13,14). The number of rotatable bonds is 7. The normalized spacial score (nSPS) is 18.9. The number of hydrogen-bond acceptors (Lipinski definition) is 4. The van der Waals surface area contributed by atoms with E-state index in [-0.39, 0.29) is 18.8 Å². The third kappa shape index (κ3) is 3.81. The Kier molecular flexibility index (Phi) is 4.29. The van der Waals surface area contributed by atoms with Gasteiger partial charge in [-0.15, -0.1) is 0 Å². The van der Waals surface area contributed by atoms with Crippen molar-refractivity contribution in [3.05, 3.63) is 0 Å². The summed E-state index contributed by atoms with van der Waals surface area (Å²) in [6.45, 7) is 1.62. The third-order valence-corrected chi connectivity index (χ3v) is 2.84. The number of carbonyl (C=O) groups excluding carboxylic acids is 1. The molecule has 5 heteroatoms. The molecular formula is C11H18O5. The average Bonchev–Trinajstić information content (AvgIpc) is 2.93. The molecule has 0 aromatic rings. The fourth-order valence-corrected chi connectivity index (χ4v) is 1.55. The van der Waals surface area contributed by atoms with Crippen molar-refractivity contribution in [3.8, 4) is 0 Å². The highest BCUT2D eigenvalue weighted by atomic mass is 16.6. The Morgan fingerprint density at radius 1 is 1.31 bits per heavy atom. The number of carboxylic acid groups (broad SMARTS) is 1. The lowest BCUT2D eigenvalue weighted by atomic mass is 10.2. The van der Waals surface area contributed by atoms with Crippen molar-refractivity contribution in [1.82, 2.24) is 0 Å². The first-order chi connectivity index (χ1) is 7.46. The highest BCUT2D eigenvalue weighted by molar-refractivity contribution is 5.70. The molecule has 0 aromatic carbocycles. The molecule has 5 nitrogen and oxygen atoms in total. The predicted octanol–water partition coefficient (Wildman–Crippen LogP) is 1.09. The van der Waals surface area contributed by atoms with Crippen LogP contribution in [0.3, 0.4) is 0 Å². The average molecular weight is 230 g/mol. The minimum absolute atomic E-state index is 0.0782. The summed E-state index contributed by atoms with van der Waals surface area (Å²) in [4.78, 5) is 21.6. The molecule has 1 saturated carbocycles. The van der Waals surface area contributed by atoms with Gasteiger partial charge in [0, 0.05) is 12.8 Å². The lowest BCUT2D eigenvalue weighted by Crippen LogP contribution is -2.31. The molecule has 1 atom stereocenters. The second-order valence-electron chi connectivity index (χ2n) is 4.32. The molecule has 0 spiro atoms. The fraction of sp³-hybridized carbons (Fsp3) is 0.818. The largest absolute Gasteiger partial charge is 0.481 e. The number of aliphatic hydroxyl groups is 1. The quantitative estimate of drug-likeness (QED) is 0.505. The summed E-state index contributed by atoms with van der Waals surface area (Å²) in [6.07, 6.45) is 2.09.